The van der Waals surface area contributed by atoms with Gasteiger partial charge >= 0.3 is 0 Å². The van der Waals surface area contributed by atoms with Crippen LogP contribution in [-0.2, 0) is 0 Å². The molecule has 0 aliphatic rings. The summed E-state index contributed by atoms with van der Waals surface area (Å²) >= 11 is 7.00. The van der Waals surface area contributed by atoms with E-state index in [9.17, 15) is 14.3 Å². The first-order chi connectivity index (χ1) is 10.0. The first-order valence-electron chi connectivity index (χ1n) is 6.02. The topological polar surface area (TPSA) is 49.3 Å². The SMILES string of the molecule is O=C(Nc1cc(Cl)ccc1O)c1cc2c(F)cccc2s1. The number of amides is 1. The van der Waals surface area contributed by atoms with Gasteiger partial charge in [0.2, 0.25) is 0 Å². The molecule has 6 heteroatoms. The number of halogens is 2. The summed E-state index contributed by atoms with van der Waals surface area (Å²) in [7, 11) is 0. The van der Waals surface area contributed by atoms with Crippen molar-refractivity contribution in [2.24, 2.45) is 0 Å². The second kappa shape index (κ2) is 5.35. The second-order valence-corrected chi connectivity index (χ2v) is 5.90. The Kier molecular flexibility index (Phi) is 3.53. The Morgan fingerprint density at radius 3 is 2.81 bits per heavy atom. The largest absolute Gasteiger partial charge is 0.506 e. The number of aromatic hydroxyl groups is 1. The minimum atomic E-state index is -0.423. The molecule has 1 heterocycles. The monoisotopic (exact) mass is 321 g/mol. The quantitative estimate of drug-likeness (QED) is 0.675. The van der Waals surface area contributed by atoms with Gasteiger partial charge in [0.1, 0.15) is 11.6 Å². The molecule has 3 nitrogen and oxygen atoms in total. The van der Waals surface area contributed by atoms with Gasteiger partial charge in [-0.25, -0.2) is 4.39 Å². The molecule has 0 fully saturated rings. The van der Waals surface area contributed by atoms with Crippen LogP contribution in [0.25, 0.3) is 10.1 Å². The lowest BCUT2D eigenvalue weighted by atomic mass is 10.2. The van der Waals surface area contributed by atoms with Crippen LogP contribution >= 0.6 is 22.9 Å². The first kappa shape index (κ1) is 13.9. The Morgan fingerprint density at radius 1 is 1.24 bits per heavy atom. The maximum absolute atomic E-state index is 13.6. The van der Waals surface area contributed by atoms with Crippen molar-refractivity contribution in [2.45, 2.75) is 0 Å². The summed E-state index contributed by atoms with van der Waals surface area (Å²) < 4.78 is 14.3. The molecular formula is C15H9ClFNO2S. The number of phenols is 1. The molecule has 0 atom stereocenters. The van der Waals surface area contributed by atoms with E-state index in [-0.39, 0.29) is 17.3 Å². The zero-order chi connectivity index (χ0) is 15.0. The first-order valence-corrected chi connectivity index (χ1v) is 7.22. The summed E-state index contributed by atoms with van der Waals surface area (Å²) in [6.07, 6.45) is 0. The van der Waals surface area contributed by atoms with Gasteiger partial charge in [0.25, 0.3) is 5.91 Å². The number of anilines is 1. The molecule has 1 amide bonds. The minimum Gasteiger partial charge on any atom is -0.506 e. The lowest BCUT2D eigenvalue weighted by Gasteiger charge is -2.06. The molecule has 0 bridgehead atoms. The van der Waals surface area contributed by atoms with Gasteiger partial charge in [0.05, 0.1) is 10.6 Å². The zero-order valence-electron chi connectivity index (χ0n) is 10.6. The van der Waals surface area contributed by atoms with Gasteiger partial charge in [-0.15, -0.1) is 11.3 Å². The normalized spacial score (nSPS) is 10.8. The summed E-state index contributed by atoms with van der Waals surface area (Å²) in [6, 6.07) is 10.5. The molecule has 0 saturated heterocycles. The number of hydrogen-bond donors (Lipinski definition) is 2. The summed E-state index contributed by atoms with van der Waals surface area (Å²) in [5, 5.41) is 13.0. The van der Waals surface area contributed by atoms with E-state index >= 15 is 0 Å². The van der Waals surface area contributed by atoms with Gasteiger partial charge in [-0.1, -0.05) is 17.7 Å². The van der Waals surface area contributed by atoms with E-state index in [0.29, 0.717) is 20.0 Å². The fourth-order valence-electron chi connectivity index (χ4n) is 1.93. The lowest BCUT2D eigenvalue weighted by molar-refractivity contribution is 0.103. The molecule has 2 N–H and O–H groups in total. The fourth-order valence-corrected chi connectivity index (χ4v) is 3.07. The number of phenolic OH excluding ortho intramolecular Hbond substituents is 1. The van der Waals surface area contributed by atoms with Crippen LogP contribution in [0.5, 0.6) is 5.75 Å². The molecular weight excluding hydrogens is 313 g/mol. The number of nitrogens with one attached hydrogen (secondary N) is 1. The van der Waals surface area contributed by atoms with Crippen LogP contribution in [0, 0.1) is 5.82 Å². The number of rotatable bonds is 2. The molecule has 21 heavy (non-hydrogen) atoms. The predicted octanol–water partition coefficient (Wildman–Crippen LogP) is 4.65. The molecule has 3 aromatic rings. The molecule has 0 radical (unpaired) electrons. The highest BCUT2D eigenvalue weighted by molar-refractivity contribution is 7.20. The van der Waals surface area contributed by atoms with Crippen molar-refractivity contribution in [2.75, 3.05) is 5.32 Å². The van der Waals surface area contributed by atoms with E-state index in [2.05, 4.69) is 5.32 Å². The Labute approximate surface area is 128 Å². The highest BCUT2D eigenvalue weighted by Gasteiger charge is 2.14. The van der Waals surface area contributed by atoms with Crippen molar-refractivity contribution in [1.29, 1.82) is 0 Å². The lowest BCUT2D eigenvalue weighted by Crippen LogP contribution is -2.10. The second-order valence-electron chi connectivity index (χ2n) is 4.38. The van der Waals surface area contributed by atoms with Gasteiger partial charge in [0, 0.05) is 15.1 Å². The van der Waals surface area contributed by atoms with E-state index in [0.717, 1.165) is 0 Å². The van der Waals surface area contributed by atoms with E-state index < -0.39 is 5.91 Å². The van der Waals surface area contributed by atoms with Crippen LogP contribution in [0.2, 0.25) is 5.02 Å². The Morgan fingerprint density at radius 2 is 2.05 bits per heavy atom. The van der Waals surface area contributed by atoms with Crippen molar-refractivity contribution in [3.8, 4) is 5.75 Å². The van der Waals surface area contributed by atoms with Crippen molar-refractivity contribution in [3.05, 3.63) is 58.2 Å². The third-order valence-corrected chi connectivity index (χ3v) is 4.27. The minimum absolute atomic E-state index is 0.0833. The van der Waals surface area contributed by atoms with Crippen LogP contribution in [0.15, 0.2) is 42.5 Å². The molecule has 3 rings (SSSR count). The molecule has 0 spiro atoms. The van der Waals surface area contributed by atoms with Crippen LogP contribution in [0.3, 0.4) is 0 Å². The molecule has 0 unspecified atom stereocenters. The number of carbonyl (C=O) groups excluding carboxylic acids is 1. The zero-order valence-corrected chi connectivity index (χ0v) is 12.1. The van der Waals surface area contributed by atoms with Gasteiger partial charge in [-0.2, -0.15) is 0 Å². The van der Waals surface area contributed by atoms with Crippen molar-refractivity contribution < 1.29 is 14.3 Å². The van der Waals surface area contributed by atoms with E-state index in [1.165, 1.54) is 41.7 Å². The Hall–Kier alpha value is -2.11. The maximum Gasteiger partial charge on any atom is 0.265 e. The number of thiophene rings is 1. The average molecular weight is 322 g/mol. The maximum atomic E-state index is 13.6. The smallest absolute Gasteiger partial charge is 0.265 e. The van der Waals surface area contributed by atoms with Crippen LogP contribution in [-0.4, -0.2) is 11.0 Å². The third-order valence-electron chi connectivity index (χ3n) is 2.94. The summed E-state index contributed by atoms with van der Waals surface area (Å²) in [4.78, 5) is 12.5. The average Bonchev–Trinajstić information content (AvgIpc) is 2.88. The molecule has 0 aliphatic carbocycles. The van der Waals surface area contributed by atoms with Crippen LogP contribution in [0.1, 0.15) is 9.67 Å². The molecule has 0 saturated carbocycles. The van der Waals surface area contributed by atoms with Crippen molar-refractivity contribution >= 4 is 44.6 Å². The molecule has 0 aliphatic heterocycles. The Balaban J connectivity index is 1.93. The van der Waals surface area contributed by atoms with E-state index in [1.807, 2.05) is 0 Å². The van der Waals surface area contributed by atoms with Crippen LogP contribution in [0.4, 0.5) is 10.1 Å². The number of benzene rings is 2. The van der Waals surface area contributed by atoms with E-state index in [4.69, 9.17) is 11.6 Å². The number of fused-ring (bicyclic) bond motifs is 1. The Bertz CT molecular complexity index is 847. The number of hydrogen-bond acceptors (Lipinski definition) is 3. The van der Waals surface area contributed by atoms with Crippen molar-refractivity contribution in [3.63, 3.8) is 0 Å². The summed E-state index contributed by atoms with van der Waals surface area (Å²) in [6.45, 7) is 0. The third kappa shape index (κ3) is 2.70. The van der Waals surface area contributed by atoms with Gasteiger partial charge < -0.3 is 10.4 Å². The molecule has 2 aromatic carbocycles. The van der Waals surface area contributed by atoms with Crippen molar-refractivity contribution in [1.82, 2.24) is 0 Å². The molecule has 106 valence electrons. The fraction of sp³-hybridized carbons (Fsp3) is 0. The predicted molar refractivity (Wildman–Crippen MR) is 82.9 cm³/mol. The summed E-state index contributed by atoms with van der Waals surface area (Å²) in [5.74, 6) is -0.874. The van der Waals surface area contributed by atoms with Gasteiger partial charge in [-0.05, 0) is 36.4 Å². The highest BCUT2D eigenvalue weighted by atomic mass is 35.5. The number of carbonyl (C=O) groups is 1. The van der Waals surface area contributed by atoms with Crippen LogP contribution < -0.4 is 5.32 Å². The highest BCUT2D eigenvalue weighted by Crippen LogP contribution is 2.30. The van der Waals surface area contributed by atoms with Gasteiger partial charge in [-0.3, -0.25) is 4.79 Å². The van der Waals surface area contributed by atoms with Gasteiger partial charge in [0.15, 0.2) is 0 Å². The van der Waals surface area contributed by atoms with E-state index in [1.54, 1.807) is 12.1 Å². The molecule has 1 aromatic heterocycles. The standard InChI is InChI=1S/C15H9ClFNO2S/c16-8-4-5-12(19)11(6-8)18-15(20)14-7-9-10(17)2-1-3-13(9)21-14/h1-7,19H,(H,18,20). The summed E-state index contributed by atoms with van der Waals surface area (Å²) in [5.41, 5.74) is 0.213.